The molecule has 0 amide bonds. The van der Waals surface area contributed by atoms with Crippen molar-refractivity contribution < 1.29 is 0 Å². The fraction of sp³-hybridized carbons (Fsp3) is 0.375. The third-order valence-electron chi connectivity index (χ3n) is 4.01. The third-order valence-corrected chi connectivity index (χ3v) is 4.71. The monoisotopic (exact) mass is 257 g/mol. The van der Waals surface area contributed by atoms with Crippen molar-refractivity contribution in [2.24, 2.45) is 0 Å². The number of hydrogen-bond acceptors (Lipinski definition) is 2. The summed E-state index contributed by atoms with van der Waals surface area (Å²) in [6, 6.07) is 11.7. The lowest BCUT2D eigenvalue weighted by molar-refractivity contribution is 0.419. The number of rotatable bonds is 4. The first-order valence-electron chi connectivity index (χ1n) is 6.67. The molecule has 0 aliphatic heterocycles. The Balaban J connectivity index is 1.82. The van der Waals surface area contributed by atoms with E-state index in [0.29, 0.717) is 6.04 Å². The van der Waals surface area contributed by atoms with Crippen molar-refractivity contribution in [3.8, 4) is 0 Å². The number of hydrogen-bond donors (Lipinski definition) is 1. The molecule has 3 rings (SSSR count). The van der Waals surface area contributed by atoms with Gasteiger partial charge in [0, 0.05) is 0 Å². The second-order valence-corrected chi connectivity index (χ2v) is 5.85. The second-order valence-electron chi connectivity index (χ2n) is 5.07. The second kappa shape index (κ2) is 5.25. The van der Waals surface area contributed by atoms with Gasteiger partial charge in [0.15, 0.2) is 0 Å². The summed E-state index contributed by atoms with van der Waals surface area (Å²) in [6.07, 6.45) is 4.15. The van der Waals surface area contributed by atoms with E-state index in [9.17, 15) is 0 Å². The first-order valence-corrected chi connectivity index (χ1v) is 7.62. The Hall–Kier alpha value is -1.12. The molecule has 0 bridgehead atoms. The molecule has 1 aromatic heterocycles. The lowest BCUT2D eigenvalue weighted by Gasteiger charge is -2.26. The van der Waals surface area contributed by atoms with Gasteiger partial charge in [-0.2, -0.15) is 11.3 Å². The minimum Gasteiger partial charge on any atom is -0.309 e. The van der Waals surface area contributed by atoms with Crippen molar-refractivity contribution in [2.75, 3.05) is 7.05 Å². The molecule has 1 heterocycles. The molecule has 1 nitrogen and oxygen atoms in total. The van der Waals surface area contributed by atoms with Crippen LogP contribution in [0, 0.1) is 0 Å². The standard InChI is InChI=1S/C16H19NS/c1-17-16(15-9-10-18-11-15)14-7-5-13(6-8-14)12-3-2-4-12/h5-12,16-17H,2-4H2,1H3. The van der Waals surface area contributed by atoms with E-state index in [1.54, 1.807) is 11.3 Å². The van der Waals surface area contributed by atoms with Gasteiger partial charge in [-0.15, -0.1) is 0 Å². The summed E-state index contributed by atoms with van der Waals surface area (Å²) in [7, 11) is 2.03. The number of thiophene rings is 1. The number of benzene rings is 1. The summed E-state index contributed by atoms with van der Waals surface area (Å²) >= 11 is 1.76. The predicted octanol–water partition coefficient (Wildman–Crippen LogP) is 4.32. The van der Waals surface area contributed by atoms with Crippen molar-refractivity contribution in [3.05, 3.63) is 57.8 Å². The van der Waals surface area contributed by atoms with Crippen LogP contribution < -0.4 is 5.32 Å². The van der Waals surface area contributed by atoms with Crippen LogP contribution in [-0.2, 0) is 0 Å². The van der Waals surface area contributed by atoms with Crippen LogP contribution in [0.4, 0.5) is 0 Å². The Morgan fingerprint density at radius 2 is 1.89 bits per heavy atom. The van der Waals surface area contributed by atoms with Crippen LogP contribution in [0.2, 0.25) is 0 Å². The Kier molecular flexibility index (Phi) is 3.48. The molecule has 1 aliphatic carbocycles. The summed E-state index contributed by atoms with van der Waals surface area (Å²) in [5.74, 6) is 0.827. The summed E-state index contributed by atoms with van der Waals surface area (Å²) in [4.78, 5) is 0. The molecular weight excluding hydrogens is 238 g/mol. The van der Waals surface area contributed by atoms with E-state index in [-0.39, 0.29) is 0 Å². The molecule has 0 saturated heterocycles. The summed E-state index contributed by atoms with van der Waals surface area (Å²) in [6.45, 7) is 0. The minimum absolute atomic E-state index is 0.326. The first kappa shape index (κ1) is 11.9. The highest BCUT2D eigenvalue weighted by molar-refractivity contribution is 7.08. The van der Waals surface area contributed by atoms with Gasteiger partial charge in [0.1, 0.15) is 0 Å². The normalized spacial score (nSPS) is 17.4. The quantitative estimate of drug-likeness (QED) is 0.860. The van der Waals surface area contributed by atoms with E-state index in [4.69, 9.17) is 0 Å². The summed E-state index contributed by atoms with van der Waals surface area (Å²) < 4.78 is 0. The summed E-state index contributed by atoms with van der Waals surface area (Å²) in [5, 5.41) is 7.77. The zero-order valence-corrected chi connectivity index (χ0v) is 11.5. The Morgan fingerprint density at radius 1 is 1.11 bits per heavy atom. The molecular formula is C16H19NS. The smallest absolute Gasteiger partial charge is 0.0582 e. The maximum Gasteiger partial charge on any atom is 0.0582 e. The SMILES string of the molecule is CNC(c1ccc(C2CCC2)cc1)c1ccsc1. The van der Waals surface area contributed by atoms with Gasteiger partial charge in [0.05, 0.1) is 6.04 Å². The largest absolute Gasteiger partial charge is 0.309 e. The van der Waals surface area contributed by atoms with Crippen molar-refractivity contribution in [3.63, 3.8) is 0 Å². The molecule has 2 aromatic rings. The van der Waals surface area contributed by atoms with Gasteiger partial charge >= 0.3 is 0 Å². The fourth-order valence-corrected chi connectivity index (χ4v) is 3.35. The van der Waals surface area contributed by atoms with Gasteiger partial charge in [0.25, 0.3) is 0 Å². The van der Waals surface area contributed by atoms with Crippen molar-refractivity contribution in [1.82, 2.24) is 5.32 Å². The van der Waals surface area contributed by atoms with E-state index in [0.717, 1.165) is 5.92 Å². The van der Waals surface area contributed by atoms with Crippen molar-refractivity contribution in [1.29, 1.82) is 0 Å². The van der Waals surface area contributed by atoms with Gasteiger partial charge in [-0.05, 0) is 59.3 Å². The molecule has 18 heavy (non-hydrogen) atoms. The van der Waals surface area contributed by atoms with Gasteiger partial charge in [0.2, 0.25) is 0 Å². The zero-order valence-electron chi connectivity index (χ0n) is 10.7. The van der Waals surface area contributed by atoms with Gasteiger partial charge in [-0.3, -0.25) is 0 Å². The molecule has 1 atom stereocenters. The highest BCUT2D eigenvalue weighted by atomic mass is 32.1. The lowest BCUT2D eigenvalue weighted by atomic mass is 9.80. The van der Waals surface area contributed by atoms with E-state index in [1.807, 2.05) is 7.05 Å². The topological polar surface area (TPSA) is 12.0 Å². The van der Waals surface area contributed by atoms with Crippen LogP contribution in [0.15, 0.2) is 41.1 Å². The lowest BCUT2D eigenvalue weighted by Crippen LogP contribution is -2.17. The number of nitrogens with one attached hydrogen (secondary N) is 1. The first-order chi connectivity index (χ1) is 8.88. The highest BCUT2D eigenvalue weighted by Crippen LogP contribution is 2.36. The summed E-state index contributed by atoms with van der Waals surface area (Å²) in [5.41, 5.74) is 4.24. The molecule has 0 radical (unpaired) electrons. The van der Waals surface area contributed by atoms with Gasteiger partial charge in [-0.1, -0.05) is 30.7 Å². The van der Waals surface area contributed by atoms with Gasteiger partial charge in [-0.25, -0.2) is 0 Å². The van der Waals surface area contributed by atoms with Crippen molar-refractivity contribution >= 4 is 11.3 Å². The molecule has 1 fully saturated rings. The van der Waals surface area contributed by atoms with Crippen LogP contribution in [0.25, 0.3) is 0 Å². The van der Waals surface area contributed by atoms with E-state index in [1.165, 1.54) is 36.0 Å². The average Bonchev–Trinajstić information content (AvgIpc) is 2.84. The Labute approximate surface area is 113 Å². The van der Waals surface area contributed by atoms with Crippen molar-refractivity contribution in [2.45, 2.75) is 31.2 Å². The van der Waals surface area contributed by atoms with Crippen LogP contribution >= 0.6 is 11.3 Å². The third kappa shape index (κ3) is 2.23. The minimum atomic E-state index is 0.326. The van der Waals surface area contributed by atoms with Gasteiger partial charge < -0.3 is 5.32 Å². The Bertz CT molecular complexity index is 482. The van der Waals surface area contributed by atoms with Crippen LogP contribution in [0.3, 0.4) is 0 Å². The molecule has 0 spiro atoms. The van der Waals surface area contributed by atoms with E-state index < -0.39 is 0 Å². The molecule has 1 aromatic carbocycles. The maximum absolute atomic E-state index is 3.40. The maximum atomic E-state index is 3.40. The van der Waals surface area contributed by atoms with Crippen LogP contribution in [-0.4, -0.2) is 7.05 Å². The highest BCUT2D eigenvalue weighted by Gasteiger charge is 2.19. The predicted molar refractivity (Wildman–Crippen MR) is 78.3 cm³/mol. The fourth-order valence-electron chi connectivity index (χ4n) is 2.67. The average molecular weight is 257 g/mol. The molecule has 2 heteroatoms. The Morgan fingerprint density at radius 3 is 2.39 bits per heavy atom. The van der Waals surface area contributed by atoms with E-state index >= 15 is 0 Å². The molecule has 1 saturated carbocycles. The van der Waals surface area contributed by atoms with Crippen LogP contribution in [0.1, 0.15) is 47.9 Å². The van der Waals surface area contributed by atoms with Crippen LogP contribution in [0.5, 0.6) is 0 Å². The van der Waals surface area contributed by atoms with E-state index in [2.05, 4.69) is 46.4 Å². The zero-order chi connectivity index (χ0) is 12.4. The molecule has 94 valence electrons. The molecule has 1 N–H and O–H groups in total. The molecule has 1 unspecified atom stereocenters. The molecule has 1 aliphatic rings.